The van der Waals surface area contributed by atoms with Crippen LogP contribution in [-0.2, 0) is 11.3 Å². The molecule has 146 valence electrons. The van der Waals surface area contributed by atoms with Crippen LogP contribution in [0, 0.1) is 0 Å². The zero-order valence-corrected chi connectivity index (χ0v) is 16.9. The average Bonchev–Trinajstić information content (AvgIpc) is 3.44. The summed E-state index contributed by atoms with van der Waals surface area (Å²) in [6, 6.07) is 16.4. The van der Waals surface area contributed by atoms with Gasteiger partial charge < -0.3 is 4.90 Å². The van der Waals surface area contributed by atoms with E-state index in [4.69, 9.17) is 0 Å². The Morgan fingerprint density at radius 3 is 2.79 bits per heavy atom. The van der Waals surface area contributed by atoms with Crippen molar-refractivity contribution in [3.8, 4) is 0 Å². The third-order valence-electron chi connectivity index (χ3n) is 5.67. The Morgan fingerprint density at radius 2 is 1.97 bits per heavy atom. The fraction of sp³-hybridized carbons (Fsp3) is 0.261. The molecule has 0 unspecified atom stereocenters. The largest absolute Gasteiger partial charge is 0.331 e. The molecule has 0 radical (unpaired) electrons. The molecule has 1 fully saturated rings. The number of rotatable bonds is 5. The number of aromatic nitrogens is 2. The first-order valence-corrected chi connectivity index (χ1v) is 10.7. The normalized spacial score (nSPS) is 14.9. The second-order valence-corrected chi connectivity index (χ2v) is 8.49. The van der Waals surface area contributed by atoms with Crippen molar-refractivity contribution in [2.24, 2.45) is 0 Å². The summed E-state index contributed by atoms with van der Waals surface area (Å²) < 4.78 is 1.43. The van der Waals surface area contributed by atoms with Crippen LogP contribution in [0.2, 0.25) is 0 Å². The van der Waals surface area contributed by atoms with Crippen LogP contribution in [0.1, 0.15) is 31.4 Å². The fourth-order valence-corrected chi connectivity index (χ4v) is 4.81. The Bertz CT molecular complexity index is 1270. The summed E-state index contributed by atoms with van der Waals surface area (Å²) >= 11 is 1.43. The predicted molar refractivity (Wildman–Crippen MR) is 116 cm³/mol. The SMILES string of the molecule is C[C@@H](c1cccc2ccccc12)N(C(=O)Cn1cnc2sccc2c1=O)C1CC1. The Kier molecular flexibility index (Phi) is 4.43. The van der Waals surface area contributed by atoms with E-state index < -0.39 is 0 Å². The van der Waals surface area contributed by atoms with Gasteiger partial charge in [0.05, 0.1) is 17.8 Å². The van der Waals surface area contributed by atoms with Gasteiger partial charge in [0.15, 0.2) is 0 Å². The molecule has 5 nitrogen and oxygen atoms in total. The van der Waals surface area contributed by atoms with Gasteiger partial charge in [-0.05, 0) is 47.5 Å². The van der Waals surface area contributed by atoms with Crippen LogP contribution < -0.4 is 5.56 Å². The van der Waals surface area contributed by atoms with E-state index in [0.717, 1.165) is 18.4 Å². The number of benzene rings is 2. The summed E-state index contributed by atoms with van der Waals surface area (Å²) in [5, 5.41) is 4.76. The summed E-state index contributed by atoms with van der Waals surface area (Å²) in [4.78, 5) is 33.0. The molecule has 2 aromatic heterocycles. The number of hydrogen-bond acceptors (Lipinski definition) is 4. The number of carbonyl (C=O) groups is 1. The Balaban J connectivity index is 1.48. The summed E-state index contributed by atoms with van der Waals surface area (Å²) in [6.45, 7) is 2.10. The lowest BCUT2D eigenvalue weighted by Crippen LogP contribution is -2.39. The van der Waals surface area contributed by atoms with Gasteiger partial charge in [-0.25, -0.2) is 4.98 Å². The summed E-state index contributed by atoms with van der Waals surface area (Å²) in [5.74, 6) is -0.0357. The molecule has 0 spiro atoms. The summed E-state index contributed by atoms with van der Waals surface area (Å²) in [5.41, 5.74) is 0.986. The number of nitrogens with zero attached hydrogens (tertiary/aromatic N) is 3. The second kappa shape index (κ2) is 7.12. The van der Waals surface area contributed by atoms with E-state index in [1.165, 1.54) is 33.0 Å². The van der Waals surface area contributed by atoms with Crippen LogP contribution in [0.3, 0.4) is 0 Å². The van der Waals surface area contributed by atoms with Crippen molar-refractivity contribution in [2.45, 2.75) is 38.4 Å². The van der Waals surface area contributed by atoms with Gasteiger partial charge in [0.25, 0.3) is 5.56 Å². The molecule has 0 aliphatic heterocycles. The van der Waals surface area contributed by atoms with E-state index in [9.17, 15) is 9.59 Å². The van der Waals surface area contributed by atoms with Crippen molar-refractivity contribution in [3.05, 3.63) is 76.2 Å². The molecule has 2 aromatic carbocycles. The first-order chi connectivity index (χ1) is 14.1. The maximum atomic E-state index is 13.3. The number of fused-ring (bicyclic) bond motifs is 2. The van der Waals surface area contributed by atoms with Crippen molar-refractivity contribution in [2.75, 3.05) is 0 Å². The molecule has 1 aliphatic rings. The highest BCUT2D eigenvalue weighted by Crippen LogP contribution is 2.36. The third-order valence-corrected chi connectivity index (χ3v) is 6.50. The first kappa shape index (κ1) is 18.1. The molecule has 29 heavy (non-hydrogen) atoms. The smallest absolute Gasteiger partial charge is 0.262 e. The lowest BCUT2D eigenvalue weighted by atomic mass is 9.98. The van der Waals surface area contributed by atoms with Crippen molar-refractivity contribution >= 4 is 38.2 Å². The highest BCUT2D eigenvalue weighted by Gasteiger charge is 2.36. The topological polar surface area (TPSA) is 55.2 Å². The Hall–Kier alpha value is -2.99. The second-order valence-electron chi connectivity index (χ2n) is 7.59. The van der Waals surface area contributed by atoms with Crippen LogP contribution in [0.25, 0.3) is 21.0 Å². The number of carbonyl (C=O) groups excluding carboxylic acids is 1. The minimum absolute atomic E-state index is 0.0171. The molecule has 0 bridgehead atoms. The average molecular weight is 404 g/mol. The van der Waals surface area contributed by atoms with Gasteiger partial charge in [0.2, 0.25) is 5.91 Å². The molecule has 1 atom stereocenters. The van der Waals surface area contributed by atoms with Crippen LogP contribution >= 0.6 is 11.3 Å². The van der Waals surface area contributed by atoms with Gasteiger partial charge in [-0.1, -0.05) is 42.5 Å². The molecular formula is C23H21N3O2S. The van der Waals surface area contributed by atoms with Gasteiger partial charge in [0, 0.05) is 6.04 Å². The van der Waals surface area contributed by atoms with Crippen LogP contribution in [-0.4, -0.2) is 26.4 Å². The fourth-order valence-electron chi connectivity index (χ4n) is 4.09. The van der Waals surface area contributed by atoms with E-state index in [0.29, 0.717) is 10.2 Å². The predicted octanol–water partition coefficient (Wildman–Crippen LogP) is 4.36. The van der Waals surface area contributed by atoms with Gasteiger partial charge in [-0.15, -0.1) is 11.3 Å². The standard InChI is InChI=1S/C23H21N3O2S/c1-15(18-8-4-6-16-5-2-3-7-19(16)18)26(17-9-10-17)21(27)13-25-14-24-22-20(23(25)28)11-12-29-22/h2-8,11-12,14-15,17H,9-10,13H2,1H3/t15-/m0/s1. The highest BCUT2D eigenvalue weighted by molar-refractivity contribution is 7.16. The number of hydrogen-bond donors (Lipinski definition) is 0. The zero-order valence-electron chi connectivity index (χ0n) is 16.1. The van der Waals surface area contributed by atoms with E-state index >= 15 is 0 Å². The summed E-state index contributed by atoms with van der Waals surface area (Å²) in [6.07, 6.45) is 3.52. The minimum atomic E-state index is -0.154. The van der Waals surface area contributed by atoms with E-state index in [-0.39, 0.29) is 30.1 Å². The van der Waals surface area contributed by atoms with Gasteiger partial charge in [0.1, 0.15) is 11.4 Å². The maximum Gasteiger partial charge on any atom is 0.262 e. The molecule has 0 N–H and O–H groups in total. The third kappa shape index (κ3) is 3.23. The maximum absolute atomic E-state index is 13.3. The highest BCUT2D eigenvalue weighted by atomic mass is 32.1. The lowest BCUT2D eigenvalue weighted by Gasteiger charge is -2.31. The first-order valence-electron chi connectivity index (χ1n) is 9.85. The Morgan fingerprint density at radius 1 is 1.17 bits per heavy atom. The number of thiophene rings is 1. The zero-order chi connectivity index (χ0) is 20.0. The van der Waals surface area contributed by atoms with Gasteiger partial charge in [-0.2, -0.15) is 0 Å². The van der Waals surface area contributed by atoms with Crippen LogP contribution in [0.4, 0.5) is 0 Å². The summed E-state index contributed by atoms with van der Waals surface area (Å²) in [7, 11) is 0. The van der Waals surface area contributed by atoms with Crippen molar-refractivity contribution in [3.63, 3.8) is 0 Å². The van der Waals surface area contributed by atoms with Crippen molar-refractivity contribution < 1.29 is 4.79 Å². The van der Waals surface area contributed by atoms with E-state index in [1.807, 2.05) is 28.5 Å². The Labute approximate surface area is 172 Å². The molecule has 0 saturated heterocycles. The lowest BCUT2D eigenvalue weighted by molar-refractivity contribution is -0.134. The molecule has 1 amide bonds. The molecule has 1 aliphatic carbocycles. The number of amides is 1. The molecule has 5 rings (SSSR count). The molecule has 6 heteroatoms. The van der Waals surface area contributed by atoms with E-state index in [2.05, 4.69) is 36.2 Å². The molecule has 2 heterocycles. The van der Waals surface area contributed by atoms with Crippen LogP contribution in [0.15, 0.2) is 65.0 Å². The van der Waals surface area contributed by atoms with Crippen molar-refractivity contribution in [1.29, 1.82) is 0 Å². The molecule has 1 saturated carbocycles. The van der Waals surface area contributed by atoms with E-state index in [1.54, 1.807) is 6.07 Å². The molecule has 4 aromatic rings. The quantitative estimate of drug-likeness (QED) is 0.497. The van der Waals surface area contributed by atoms with Crippen molar-refractivity contribution in [1.82, 2.24) is 14.5 Å². The van der Waals surface area contributed by atoms with Crippen LogP contribution in [0.5, 0.6) is 0 Å². The monoisotopic (exact) mass is 403 g/mol. The minimum Gasteiger partial charge on any atom is -0.331 e. The van der Waals surface area contributed by atoms with Gasteiger partial charge >= 0.3 is 0 Å². The van der Waals surface area contributed by atoms with Gasteiger partial charge in [-0.3, -0.25) is 14.2 Å². The molecular weight excluding hydrogens is 382 g/mol.